The van der Waals surface area contributed by atoms with E-state index >= 15 is 0 Å². The maximum absolute atomic E-state index is 12.8. The summed E-state index contributed by atoms with van der Waals surface area (Å²) in [7, 11) is 0. The van der Waals surface area contributed by atoms with E-state index in [9.17, 15) is 9.59 Å². The molecule has 7 nitrogen and oxygen atoms in total. The molecule has 30 heavy (non-hydrogen) atoms. The third-order valence-electron chi connectivity index (χ3n) is 4.99. The molecule has 1 N–H and O–H groups in total. The molecule has 0 saturated carbocycles. The van der Waals surface area contributed by atoms with Crippen LogP contribution in [0.3, 0.4) is 0 Å². The molecule has 0 aliphatic carbocycles. The molecule has 2 aromatic heterocycles. The van der Waals surface area contributed by atoms with E-state index in [0.717, 1.165) is 23.2 Å². The van der Waals surface area contributed by atoms with Crippen molar-refractivity contribution in [1.82, 2.24) is 9.97 Å². The molecule has 152 valence electrons. The largest absolute Gasteiger partial charge is 0.485 e. The maximum atomic E-state index is 12.8. The fourth-order valence-electron chi connectivity index (χ4n) is 3.41. The Morgan fingerprint density at radius 3 is 2.77 bits per heavy atom. The van der Waals surface area contributed by atoms with Gasteiger partial charge in [0, 0.05) is 42.8 Å². The van der Waals surface area contributed by atoms with E-state index < -0.39 is 0 Å². The second-order valence-corrected chi connectivity index (χ2v) is 6.94. The van der Waals surface area contributed by atoms with Crippen LogP contribution >= 0.6 is 0 Å². The van der Waals surface area contributed by atoms with E-state index in [0.29, 0.717) is 36.7 Å². The third-order valence-corrected chi connectivity index (χ3v) is 4.99. The first kappa shape index (κ1) is 19.6. The van der Waals surface area contributed by atoms with E-state index in [2.05, 4.69) is 15.3 Å². The van der Waals surface area contributed by atoms with Crippen LogP contribution in [-0.2, 0) is 17.8 Å². The van der Waals surface area contributed by atoms with E-state index in [1.807, 2.05) is 31.2 Å². The fourth-order valence-corrected chi connectivity index (χ4v) is 3.41. The summed E-state index contributed by atoms with van der Waals surface area (Å²) in [5, 5.41) is 2.83. The smallest absolute Gasteiger partial charge is 0.256 e. The van der Waals surface area contributed by atoms with Crippen LogP contribution in [0.4, 0.5) is 11.5 Å². The SMILES string of the molecule is CCC(=O)N1CCc2cc(C(=O)Nc3ncccc3OCc3ccncc3)ccc21. The summed E-state index contributed by atoms with van der Waals surface area (Å²) in [5.74, 6) is 0.671. The number of anilines is 2. The number of rotatable bonds is 6. The van der Waals surface area contributed by atoms with E-state index in [1.165, 1.54) is 0 Å². The summed E-state index contributed by atoms with van der Waals surface area (Å²) in [5.41, 5.74) is 3.37. The fraction of sp³-hybridized carbons (Fsp3) is 0.217. The predicted octanol–water partition coefficient (Wildman–Crippen LogP) is 3.61. The number of nitrogens with zero attached hydrogens (tertiary/aromatic N) is 3. The number of hydrogen-bond donors (Lipinski definition) is 1. The van der Waals surface area contributed by atoms with E-state index in [1.54, 1.807) is 41.7 Å². The highest BCUT2D eigenvalue weighted by atomic mass is 16.5. The Bertz CT molecular complexity index is 1070. The van der Waals surface area contributed by atoms with Gasteiger partial charge < -0.3 is 15.0 Å². The number of nitrogens with one attached hydrogen (secondary N) is 1. The molecule has 2 amide bonds. The molecule has 0 bridgehead atoms. The zero-order valence-electron chi connectivity index (χ0n) is 16.7. The van der Waals surface area contributed by atoms with Gasteiger partial charge in [0.25, 0.3) is 5.91 Å². The van der Waals surface area contributed by atoms with Crippen LogP contribution in [0.5, 0.6) is 5.75 Å². The lowest BCUT2D eigenvalue weighted by molar-refractivity contribution is -0.118. The number of benzene rings is 1. The first-order valence-electron chi connectivity index (χ1n) is 9.87. The lowest BCUT2D eigenvalue weighted by Crippen LogP contribution is -2.27. The Labute approximate surface area is 174 Å². The van der Waals surface area contributed by atoms with Crippen molar-refractivity contribution in [2.24, 2.45) is 0 Å². The lowest BCUT2D eigenvalue weighted by atomic mass is 10.1. The van der Waals surface area contributed by atoms with Gasteiger partial charge in [-0.15, -0.1) is 0 Å². The number of fused-ring (bicyclic) bond motifs is 1. The van der Waals surface area contributed by atoms with Crippen molar-refractivity contribution in [2.75, 3.05) is 16.8 Å². The molecule has 0 atom stereocenters. The second-order valence-electron chi connectivity index (χ2n) is 6.94. The Morgan fingerprint density at radius 2 is 1.97 bits per heavy atom. The van der Waals surface area contributed by atoms with Gasteiger partial charge in [-0.2, -0.15) is 0 Å². The molecule has 0 unspecified atom stereocenters. The Hall–Kier alpha value is -3.74. The summed E-state index contributed by atoms with van der Waals surface area (Å²) in [4.78, 5) is 34.9. The lowest BCUT2D eigenvalue weighted by Gasteiger charge is -2.16. The van der Waals surface area contributed by atoms with Crippen molar-refractivity contribution in [3.05, 3.63) is 77.7 Å². The first-order valence-corrected chi connectivity index (χ1v) is 9.87. The Balaban J connectivity index is 1.48. The van der Waals surface area contributed by atoms with Gasteiger partial charge in [0.15, 0.2) is 11.6 Å². The molecular formula is C23H22N4O3. The van der Waals surface area contributed by atoms with Gasteiger partial charge in [-0.3, -0.25) is 14.6 Å². The minimum Gasteiger partial charge on any atom is -0.485 e. The van der Waals surface area contributed by atoms with Crippen molar-refractivity contribution < 1.29 is 14.3 Å². The summed E-state index contributed by atoms with van der Waals surface area (Å²) in [6.45, 7) is 2.85. The zero-order chi connectivity index (χ0) is 20.9. The van der Waals surface area contributed by atoms with Gasteiger partial charge in [-0.25, -0.2) is 4.98 Å². The quantitative estimate of drug-likeness (QED) is 0.681. The second kappa shape index (κ2) is 8.73. The Kier molecular flexibility index (Phi) is 5.70. The molecule has 0 radical (unpaired) electrons. The van der Waals surface area contributed by atoms with Gasteiger partial charge in [0.2, 0.25) is 5.91 Å². The number of pyridine rings is 2. The van der Waals surface area contributed by atoms with Crippen molar-refractivity contribution >= 4 is 23.3 Å². The molecule has 1 aromatic carbocycles. The summed E-state index contributed by atoms with van der Waals surface area (Å²) in [6.07, 6.45) is 6.21. The average Bonchev–Trinajstić information content (AvgIpc) is 3.22. The summed E-state index contributed by atoms with van der Waals surface area (Å²) >= 11 is 0. The maximum Gasteiger partial charge on any atom is 0.256 e. The van der Waals surface area contributed by atoms with Crippen LogP contribution in [0.25, 0.3) is 0 Å². The van der Waals surface area contributed by atoms with Gasteiger partial charge >= 0.3 is 0 Å². The highest BCUT2D eigenvalue weighted by Crippen LogP contribution is 2.30. The van der Waals surface area contributed by atoms with Crippen LogP contribution in [0.1, 0.15) is 34.8 Å². The number of carbonyl (C=O) groups is 2. The number of carbonyl (C=O) groups excluding carboxylic acids is 2. The molecule has 0 spiro atoms. The first-order chi connectivity index (χ1) is 14.7. The average molecular weight is 402 g/mol. The molecule has 3 heterocycles. The summed E-state index contributed by atoms with van der Waals surface area (Å²) in [6, 6.07) is 12.7. The van der Waals surface area contributed by atoms with Crippen LogP contribution in [0.15, 0.2) is 61.1 Å². The molecule has 1 aliphatic rings. The highest BCUT2D eigenvalue weighted by molar-refractivity contribution is 6.05. The number of aromatic nitrogens is 2. The molecule has 7 heteroatoms. The summed E-state index contributed by atoms with van der Waals surface area (Å²) < 4.78 is 5.84. The van der Waals surface area contributed by atoms with Crippen molar-refractivity contribution in [1.29, 1.82) is 0 Å². The predicted molar refractivity (Wildman–Crippen MR) is 114 cm³/mol. The monoisotopic (exact) mass is 402 g/mol. The van der Waals surface area contributed by atoms with Gasteiger partial charge in [-0.05, 0) is 60.0 Å². The Morgan fingerprint density at radius 1 is 1.13 bits per heavy atom. The zero-order valence-corrected chi connectivity index (χ0v) is 16.7. The number of ether oxygens (including phenoxy) is 1. The van der Waals surface area contributed by atoms with Crippen LogP contribution in [0, 0.1) is 0 Å². The van der Waals surface area contributed by atoms with Gasteiger partial charge in [0.05, 0.1) is 0 Å². The van der Waals surface area contributed by atoms with Gasteiger partial charge in [-0.1, -0.05) is 6.92 Å². The van der Waals surface area contributed by atoms with Crippen LogP contribution < -0.4 is 15.0 Å². The molecular weight excluding hydrogens is 380 g/mol. The van der Waals surface area contributed by atoms with Gasteiger partial charge in [0.1, 0.15) is 6.61 Å². The number of amides is 2. The van der Waals surface area contributed by atoms with Crippen LogP contribution in [-0.4, -0.2) is 28.3 Å². The number of hydrogen-bond acceptors (Lipinski definition) is 5. The van der Waals surface area contributed by atoms with E-state index in [4.69, 9.17) is 4.74 Å². The molecule has 4 rings (SSSR count). The van der Waals surface area contributed by atoms with Crippen molar-refractivity contribution in [3.63, 3.8) is 0 Å². The van der Waals surface area contributed by atoms with E-state index in [-0.39, 0.29) is 11.8 Å². The standard InChI is InChI=1S/C23H22N4O3/c1-2-21(28)27-13-9-17-14-18(5-6-19(17)27)23(29)26-22-20(4-3-10-25-22)30-15-16-7-11-24-12-8-16/h3-8,10-12,14H,2,9,13,15H2,1H3,(H,25,26,29). The minimum absolute atomic E-state index is 0.0930. The molecule has 0 saturated heterocycles. The molecule has 1 aliphatic heterocycles. The third kappa shape index (κ3) is 4.15. The molecule has 0 fully saturated rings. The minimum atomic E-state index is -0.273. The normalized spacial score (nSPS) is 12.4. The van der Waals surface area contributed by atoms with Crippen molar-refractivity contribution in [2.45, 2.75) is 26.4 Å². The highest BCUT2D eigenvalue weighted by Gasteiger charge is 2.24. The van der Waals surface area contributed by atoms with Crippen LogP contribution in [0.2, 0.25) is 0 Å². The molecule has 3 aromatic rings. The topological polar surface area (TPSA) is 84.4 Å². The van der Waals surface area contributed by atoms with Crippen molar-refractivity contribution in [3.8, 4) is 5.75 Å².